The quantitative estimate of drug-likeness (QED) is 0.671. The molecule has 4 nitrogen and oxygen atoms in total. The molecule has 6 heteroatoms. The molecule has 82 valence electrons. The Bertz CT molecular complexity index is 307. The number of nitrogens with zero attached hydrogens (tertiary/aromatic N) is 1. The summed E-state index contributed by atoms with van der Waals surface area (Å²) in [6.45, 7) is 2.82. The molecular weight excluding hydrogens is 226 g/mol. The summed E-state index contributed by atoms with van der Waals surface area (Å²) in [6.07, 6.45) is 1.46. The molecule has 0 spiro atoms. The number of carbonyl (C=O) groups excluding carboxylic acids is 1. The van der Waals surface area contributed by atoms with E-state index in [0.717, 1.165) is 12.8 Å². The zero-order chi connectivity index (χ0) is 10.8. The second kappa shape index (κ2) is 4.49. The van der Waals surface area contributed by atoms with Gasteiger partial charge in [0.1, 0.15) is 0 Å². The maximum Gasteiger partial charge on any atom is 0.232 e. The van der Waals surface area contributed by atoms with Gasteiger partial charge in [0.2, 0.25) is 15.0 Å². The molecule has 1 aliphatic rings. The minimum absolute atomic E-state index is 0.0281. The predicted octanol–water partition coefficient (Wildman–Crippen LogP) is 0.814. The number of hydrogen-bond donors (Lipinski definition) is 0. The van der Waals surface area contributed by atoms with Gasteiger partial charge in [-0.15, -0.1) is 0 Å². The summed E-state index contributed by atoms with van der Waals surface area (Å²) < 4.78 is 21.6. The number of amides is 1. The lowest BCUT2D eigenvalue weighted by molar-refractivity contribution is -0.130. The van der Waals surface area contributed by atoms with Gasteiger partial charge in [0, 0.05) is 30.7 Å². The zero-order valence-electron chi connectivity index (χ0n) is 8.07. The molecular formula is C8H14ClNO3S. The fraction of sp³-hybridized carbons (Fsp3) is 0.875. The van der Waals surface area contributed by atoms with E-state index in [1.807, 2.05) is 0 Å². The first kappa shape index (κ1) is 11.8. The maximum atomic E-state index is 11.0. The standard InChI is InChI=1S/C8H14ClNO3S/c1-7(11)10-4-2-8(3-5-10)6-14(9,12)13/h8H,2-6H2,1H3. The monoisotopic (exact) mass is 239 g/mol. The lowest BCUT2D eigenvalue weighted by Gasteiger charge is -2.30. The Morgan fingerprint density at radius 3 is 2.29 bits per heavy atom. The van der Waals surface area contributed by atoms with Gasteiger partial charge in [0.15, 0.2) is 0 Å². The molecule has 0 unspecified atom stereocenters. The second-order valence-electron chi connectivity index (χ2n) is 3.65. The van der Waals surface area contributed by atoms with Crippen LogP contribution in [0.5, 0.6) is 0 Å². The van der Waals surface area contributed by atoms with Gasteiger partial charge in [-0.05, 0) is 18.8 Å². The summed E-state index contributed by atoms with van der Waals surface area (Å²) in [7, 11) is 1.76. The zero-order valence-corrected chi connectivity index (χ0v) is 9.64. The molecule has 0 aromatic carbocycles. The van der Waals surface area contributed by atoms with Crippen LogP contribution in [-0.4, -0.2) is 38.1 Å². The third-order valence-corrected chi connectivity index (χ3v) is 3.74. The van der Waals surface area contributed by atoms with Crippen molar-refractivity contribution in [1.82, 2.24) is 4.90 Å². The van der Waals surface area contributed by atoms with Gasteiger partial charge in [-0.25, -0.2) is 8.42 Å². The summed E-state index contributed by atoms with van der Waals surface area (Å²) in [5.41, 5.74) is 0. The van der Waals surface area contributed by atoms with Gasteiger partial charge < -0.3 is 4.90 Å². The normalized spacial score (nSPS) is 19.7. The van der Waals surface area contributed by atoms with Crippen molar-refractivity contribution in [1.29, 1.82) is 0 Å². The van der Waals surface area contributed by atoms with E-state index >= 15 is 0 Å². The minimum atomic E-state index is -3.39. The molecule has 0 radical (unpaired) electrons. The highest BCUT2D eigenvalue weighted by Crippen LogP contribution is 2.20. The van der Waals surface area contributed by atoms with E-state index in [2.05, 4.69) is 0 Å². The van der Waals surface area contributed by atoms with E-state index in [-0.39, 0.29) is 17.6 Å². The lowest BCUT2D eigenvalue weighted by Crippen LogP contribution is -2.38. The van der Waals surface area contributed by atoms with Crippen LogP contribution in [0.3, 0.4) is 0 Å². The van der Waals surface area contributed by atoms with Gasteiger partial charge in [0.25, 0.3) is 0 Å². The lowest BCUT2D eigenvalue weighted by atomic mass is 9.99. The molecule has 1 amide bonds. The number of rotatable bonds is 2. The van der Waals surface area contributed by atoms with Crippen molar-refractivity contribution in [3.63, 3.8) is 0 Å². The third kappa shape index (κ3) is 3.84. The summed E-state index contributed by atoms with van der Waals surface area (Å²) in [5, 5.41) is 0. The predicted molar refractivity (Wildman–Crippen MR) is 54.6 cm³/mol. The molecule has 0 aromatic heterocycles. The van der Waals surface area contributed by atoms with E-state index < -0.39 is 9.05 Å². The van der Waals surface area contributed by atoms with Crippen molar-refractivity contribution in [3.8, 4) is 0 Å². The van der Waals surface area contributed by atoms with Crippen LogP contribution >= 0.6 is 10.7 Å². The summed E-state index contributed by atoms with van der Waals surface area (Å²) >= 11 is 0. The van der Waals surface area contributed by atoms with Crippen LogP contribution in [-0.2, 0) is 13.8 Å². The van der Waals surface area contributed by atoms with Gasteiger partial charge in [-0.1, -0.05) is 0 Å². The molecule has 1 aliphatic heterocycles. The summed E-state index contributed by atoms with van der Waals surface area (Å²) in [4.78, 5) is 12.7. The van der Waals surface area contributed by atoms with E-state index in [9.17, 15) is 13.2 Å². The molecule has 0 N–H and O–H groups in total. The van der Waals surface area contributed by atoms with E-state index in [1.165, 1.54) is 6.92 Å². The molecule has 0 aromatic rings. The smallest absolute Gasteiger partial charge is 0.232 e. The van der Waals surface area contributed by atoms with Gasteiger partial charge in [-0.2, -0.15) is 0 Å². The Morgan fingerprint density at radius 2 is 1.93 bits per heavy atom. The molecule has 0 saturated carbocycles. The van der Waals surface area contributed by atoms with Gasteiger partial charge in [-0.3, -0.25) is 4.79 Å². The Kier molecular flexibility index (Phi) is 3.78. The fourth-order valence-electron chi connectivity index (χ4n) is 1.70. The topological polar surface area (TPSA) is 54.5 Å². The number of piperidine rings is 1. The van der Waals surface area contributed by atoms with Crippen LogP contribution in [0.15, 0.2) is 0 Å². The van der Waals surface area contributed by atoms with Crippen LogP contribution in [0, 0.1) is 5.92 Å². The molecule has 0 aliphatic carbocycles. The maximum absolute atomic E-state index is 11.0. The van der Waals surface area contributed by atoms with Crippen molar-refractivity contribution < 1.29 is 13.2 Å². The number of carbonyl (C=O) groups is 1. The molecule has 1 heterocycles. The van der Waals surface area contributed by atoms with Crippen molar-refractivity contribution in [2.24, 2.45) is 5.92 Å². The Hall–Kier alpha value is -0.290. The van der Waals surface area contributed by atoms with E-state index in [1.54, 1.807) is 4.90 Å². The molecule has 14 heavy (non-hydrogen) atoms. The molecule has 0 bridgehead atoms. The average Bonchev–Trinajstić information content (AvgIpc) is 2.02. The van der Waals surface area contributed by atoms with Gasteiger partial charge in [0.05, 0.1) is 5.75 Å². The van der Waals surface area contributed by atoms with Crippen molar-refractivity contribution in [3.05, 3.63) is 0 Å². The highest BCUT2D eigenvalue weighted by Gasteiger charge is 2.24. The largest absolute Gasteiger partial charge is 0.343 e. The number of likely N-dealkylation sites (tertiary alicyclic amines) is 1. The first-order valence-corrected chi connectivity index (χ1v) is 7.04. The first-order valence-electron chi connectivity index (χ1n) is 4.56. The summed E-state index contributed by atoms with van der Waals surface area (Å²) in [6, 6.07) is 0. The number of hydrogen-bond acceptors (Lipinski definition) is 3. The van der Waals surface area contributed by atoms with E-state index in [4.69, 9.17) is 10.7 Å². The first-order chi connectivity index (χ1) is 6.38. The second-order valence-corrected chi connectivity index (χ2v) is 6.48. The molecule has 1 saturated heterocycles. The van der Waals surface area contributed by atoms with Crippen LogP contribution in [0.25, 0.3) is 0 Å². The minimum Gasteiger partial charge on any atom is -0.343 e. The highest BCUT2D eigenvalue weighted by molar-refractivity contribution is 8.13. The molecule has 1 fully saturated rings. The van der Waals surface area contributed by atoms with Crippen LogP contribution in [0.2, 0.25) is 0 Å². The van der Waals surface area contributed by atoms with E-state index in [0.29, 0.717) is 13.1 Å². The van der Waals surface area contributed by atoms with Crippen molar-refractivity contribution in [2.75, 3.05) is 18.8 Å². The van der Waals surface area contributed by atoms with Crippen LogP contribution < -0.4 is 0 Å². The van der Waals surface area contributed by atoms with Crippen molar-refractivity contribution in [2.45, 2.75) is 19.8 Å². The summed E-state index contributed by atoms with van der Waals surface area (Å²) in [5.74, 6) is 0.186. The Morgan fingerprint density at radius 1 is 1.43 bits per heavy atom. The highest BCUT2D eigenvalue weighted by atomic mass is 35.7. The molecule has 1 rings (SSSR count). The van der Waals surface area contributed by atoms with Crippen LogP contribution in [0.4, 0.5) is 0 Å². The van der Waals surface area contributed by atoms with Gasteiger partial charge >= 0.3 is 0 Å². The average molecular weight is 240 g/mol. The van der Waals surface area contributed by atoms with Crippen LogP contribution in [0.1, 0.15) is 19.8 Å². The third-order valence-electron chi connectivity index (χ3n) is 2.49. The Balaban J connectivity index is 2.40. The SMILES string of the molecule is CC(=O)N1CCC(CS(=O)(=O)Cl)CC1. The Labute approximate surface area is 88.6 Å². The molecule has 0 atom stereocenters. The number of halogens is 1. The fourth-order valence-corrected chi connectivity index (χ4v) is 3.13. The van der Waals surface area contributed by atoms with Crippen molar-refractivity contribution >= 4 is 25.6 Å².